The molecule has 0 aromatic carbocycles. The number of sulfone groups is 1. The zero-order valence-electron chi connectivity index (χ0n) is 11.6. The summed E-state index contributed by atoms with van der Waals surface area (Å²) < 4.78 is 28.8. The average Bonchev–Trinajstić information content (AvgIpc) is 2.56. The van der Waals surface area contributed by atoms with Gasteiger partial charge in [0.25, 0.3) is 0 Å². The summed E-state index contributed by atoms with van der Waals surface area (Å²) in [4.78, 5) is 2.20. The van der Waals surface area contributed by atoms with E-state index in [1.54, 1.807) is 0 Å². The van der Waals surface area contributed by atoms with Gasteiger partial charge in [0.15, 0.2) is 9.84 Å². The summed E-state index contributed by atoms with van der Waals surface area (Å²) in [5, 5.41) is 3.06. The van der Waals surface area contributed by atoms with Crippen molar-refractivity contribution in [3.05, 3.63) is 23.2 Å². The van der Waals surface area contributed by atoms with E-state index in [0.29, 0.717) is 12.3 Å². The molecule has 1 saturated heterocycles. The second-order valence-electron chi connectivity index (χ2n) is 5.11. The highest BCUT2D eigenvalue weighted by molar-refractivity contribution is 7.91. The monoisotopic (exact) mass is 286 g/mol. The van der Waals surface area contributed by atoms with E-state index in [-0.39, 0.29) is 5.75 Å². The Labute approximate surface area is 114 Å². The van der Waals surface area contributed by atoms with Gasteiger partial charge in [-0.2, -0.15) is 0 Å². The summed E-state index contributed by atoms with van der Waals surface area (Å²) in [6.45, 7) is 4.91. The van der Waals surface area contributed by atoms with Gasteiger partial charge in [-0.3, -0.25) is 4.90 Å². The molecule has 0 atom stereocenters. The Kier molecular flexibility index (Phi) is 4.65. The Hall–Kier alpha value is -0.850. The minimum absolute atomic E-state index is 0.271. The first-order chi connectivity index (χ1) is 9.00. The maximum atomic E-state index is 11.6. The van der Waals surface area contributed by atoms with Crippen LogP contribution in [-0.4, -0.2) is 45.0 Å². The molecule has 0 radical (unpaired) electrons. The van der Waals surface area contributed by atoms with Gasteiger partial charge in [-0.1, -0.05) is 0 Å². The van der Waals surface area contributed by atoms with E-state index in [9.17, 15) is 8.42 Å². The van der Waals surface area contributed by atoms with Crippen molar-refractivity contribution in [3.8, 4) is 0 Å². The third kappa shape index (κ3) is 4.06. The molecule has 0 unspecified atom stereocenters. The van der Waals surface area contributed by atoms with Crippen molar-refractivity contribution in [2.24, 2.45) is 0 Å². The minimum atomic E-state index is -2.83. The predicted molar refractivity (Wildman–Crippen MR) is 74.8 cm³/mol. The first kappa shape index (κ1) is 14.6. The van der Waals surface area contributed by atoms with Crippen LogP contribution in [0.1, 0.15) is 23.5 Å². The highest BCUT2D eigenvalue weighted by atomic mass is 32.2. The van der Waals surface area contributed by atoms with Gasteiger partial charge in [-0.05, 0) is 33.0 Å². The summed E-state index contributed by atoms with van der Waals surface area (Å²) in [6.07, 6.45) is 0.725. The predicted octanol–water partition coefficient (Wildman–Crippen LogP) is 0.928. The molecule has 2 rings (SSSR count). The second kappa shape index (κ2) is 6.07. The van der Waals surface area contributed by atoms with Gasteiger partial charge in [-0.15, -0.1) is 0 Å². The fourth-order valence-electron chi connectivity index (χ4n) is 2.40. The third-order valence-corrected chi connectivity index (χ3v) is 5.18. The quantitative estimate of drug-likeness (QED) is 0.892. The molecule has 1 aliphatic rings. The first-order valence-corrected chi connectivity index (χ1v) is 8.48. The summed E-state index contributed by atoms with van der Waals surface area (Å²) in [5.74, 6) is 2.45. The van der Waals surface area contributed by atoms with Gasteiger partial charge in [0.1, 0.15) is 11.5 Å². The molecule has 5 nitrogen and oxygen atoms in total. The minimum Gasteiger partial charge on any atom is -0.465 e. The highest BCUT2D eigenvalue weighted by Gasteiger charge is 2.20. The van der Waals surface area contributed by atoms with Crippen LogP contribution < -0.4 is 5.32 Å². The molecule has 19 heavy (non-hydrogen) atoms. The fourth-order valence-corrected chi connectivity index (χ4v) is 3.70. The first-order valence-electron chi connectivity index (χ1n) is 6.66. The van der Waals surface area contributed by atoms with E-state index >= 15 is 0 Å². The smallest absolute Gasteiger partial charge is 0.151 e. The molecule has 0 aliphatic carbocycles. The molecule has 2 heterocycles. The molecule has 1 aromatic heterocycles. The Bertz CT molecular complexity index is 522. The Balaban J connectivity index is 2.00. The van der Waals surface area contributed by atoms with Crippen LogP contribution in [0.15, 0.2) is 10.5 Å². The lowest BCUT2D eigenvalue weighted by Crippen LogP contribution is -2.26. The van der Waals surface area contributed by atoms with Gasteiger partial charge in [0.2, 0.25) is 0 Å². The van der Waals surface area contributed by atoms with Crippen molar-refractivity contribution in [2.45, 2.75) is 26.4 Å². The normalized spacial score (nSPS) is 20.3. The van der Waals surface area contributed by atoms with Gasteiger partial charge in [0.05, 0.1) is 18.1 Å². The highest BCUT2D eigenvalue weighted by Crippen LogP contribution is 2.18. The van der Waals surface area contributed by atoms with E-state index in [2.05, 4.69) is 16.3 Å². The Morgan fingerprint density at radius 3 is 2.89 bits per heavy atom. The maximum Gasteiger partial charge on any atom is 0.151 e. The van der Waals surface area contributed by atoms with Crippen LogP contribution in [0.25, 0.3) is 0 Å². The molecule has 1 fully saturated rings. The van der Waals surface area contributed by atoms with Crippen LogP contribution in [-0.2, 0) is 22.9 Å². The number of hydrogen-bond donors (Lipinski definition) is 1. The molecule has 6 heteroatoms. The average molecular weight is 286 g/mol. The Morgan fingerprint density at radius 2 is 2.16 bits per heavy atom. The fraction of sp³-hybridized carbons (Fsp3) is 0.692. The molecule has 1 aromatic rings. The van der Waals surface area contributed by atoms with E-state index < -0.39 is 9.84 Å². The van der Waals surface area contributed by atoms with Crippen LogP contribution in [0, 0.1) is 6.92 Å². The van der Waals surface area contributed by atoms with E-state index in [1.165, 1.54) is 0 Å². The number of furan rings is 1. The summed E-state index contributed by atoms with van der Waals surface area (Å²) in [5.41, 5.74) is 1.16. The molecular formula is C13H22N2O3S. The van der Waals surface area contributed by atoms with Crippen molar-refractivity contribution in [1.29, 1.82) is 0 Å². The molecule has 108 valence electrons. The molecule has 0 amide bonds. The molecule has 0 spiro atoms. The topological polar surface area (TPSA) is 62.6 Å². The van der Waals surface area contributed by atoms with E-state index in [4.69, 9.17) is 4.42 Å². The van der Waals surface area contributed by atoms with Crippen molar-refractivity contribution < 1.29 is 12.8 Å². The second-order valence-corrected chi connectivity index (χ2v) is 7.41. The largest absolute Gasteiger partial charge is 0.465 e. The van der Waals surface area contributed by atoms with E-state index in [1.807, 2.05) is 14.0 Å². The van der Waals surface area contributed by atoms with Crippen molar-refractivity contribution in [2.75, 3.05) is 31.6 Å². The van der Waals surface area contributed by atoms with Crippen molar-refractivity contribution in [3.63, 3.8) is 0 Å². The van der Waals surface area contributed by atoms with Gasteiger partial charge < -0.3 is 9.73 Å². The lowest BCUT2D eigenvalue weighted by Gasteiger charge is -2.18. The zero-order valence-corrected chi connectivity index (χ0v) is 12.4. The van der Waals surface area contributed by atoms with Gasteiger partial charge >= 0.3 is 0 Å². The molecule has 1 aliphatic heterocycles. The number of rotatable bonds is 4. The SMILES string of the molecule is CNCc1cc(CN2CCCS(=O)(=O)CC2)c(C)o1. The van der Waals surface area contributed by atoms with Crippen molar-refractivity contribution in [1.82, 2.24) is 10.2 Å². The maximum absolute atomic E-state index is 11.6. The molecular weight excluding hydrogens is 264 g/mol. The Morgan fingerprint density at radius 1 is 1.37 bits per heavy atom. The van der Waals surface area contributed by atoms with E-state index in [0.717, 1.165) is 43.1 Å². The van der Waals surface area contributed by atoms with Crippen LogP contribution in [0.3, 0.4) is 0 Å². The third-order valence-electron chi connectivity index (χ3n) is 3.46. The van der Waals surface area contributed by atoms with Crippen LogP contribution >= 0.6 is 0 Å². The van der Waals surface area contributed by atoms with Crippen LogP contribution in [0.4, 0.5) is 0 Å². The summed E-state index contributed by atoms with van der Waals surface area (Å²) in [7, 11) is -0.947. The molecule has 0 saturated carbocycles. The van der Waals surface area contributed by atoms with Gasteiger partial charge in [0, 0.05) is 18.7 Å². The molecule has 0 bridgehead atoms. The van der Waals surface area contributed by atoms with Crippen LogP contribution in [0.2, 0.25) is 0 Å². The van der Waals surface area contributed by atoms with Gasteiger partial charge in [-0.25, -0.2) is 8.42 Å². The number of aryl methyl sites for hydroxylation is 1. The molecule has 1 N–H and O–H groups in total. The summed E-state index contributed by atoms with van der Waals surface area (Å²) in [6, 6.07) is 2.06. The van der Waals surface area contributed by atoms with Crippen molar-refractivity contribution >= 4 is 9.84 Å². The zero-order chi connectivity index (χ0) is 13.9. The number of nitrogens with one attached hydrogen (secondary N) is 1. The lowest BCUT2D eigenvalue weighted by molar-refractivity contribution is 0.285. The standard InChI is InChI=1S/C13H22N2O3S/c1-11-12(8-13(18-11)9-14-2)10-15-4-3-6-19(16,17)7-5-15/h8,14H,3-7,9-10H2,1-2H3. The summed E-state index contributed by atoms with van der Waals surface area (Å²) >= 11 is 0. The lowest BCUT2D eigenvalue weighted by atomic mass is 10.2. The number of nitrogens with zero attached hydrogens (tertiary/aromatic N) is 1. The number of hydrogen-bond acceptors (Lipinski definition) is 5. The van der Waals surface area contributed by atoms with Crippen LogP contribution in [0.5, 0.6) is 0 Å².